The highest BCUT2D eigenvalue weighted by molar-refractivity contribution is 6.07. The van der Waals surface area contributed by atoms with Crippen molar-refractivity contribution in [2.45, 2.75) is 38.3 Å². The van der Waals surface area contributed by atoms with Gasteiger partial charge >= 0.3 is 6.03 Å². The second-order valence-electron chi connectivity index (χ2n) is 7.61. The van der Waals surface area contributed by atoms with E-state index in [2.05, 4.69) is 33.4 Å². The summed E-state index contributed by atoms with van der Waals surface area (Å²) in [6.45, 7) is 3.57. The van der Waals surface area contributed by atoms with Gasteiger partial charge < -0.3 is 14.8 Å². The molecule has 2 aliphatic heterocycles. The number of carbonyl (C=O) groups is 3. The van der Waals surface area contributed by atoms with Crippen LogP contribution in [0.2, 0.25) is 0 Å². The number of amides is 4. The summed E-state index contributed by atoms with van der Waals surface area (Å²) in [5, 5.41) is 6.22. The van der Waals surface area contributed by atoms with E-state index in [0.717, 1.165) is 18.4 Å². The number of urea groups is 1. The van der Waals surface area contributed by atoms with Gasteiger partial charge in [0.25, 0.3) is 5.91 Å². The summed E-state index contributed by atoms with van der Waals surface area (Å²) in [7, 11) is 0. The Morgan fingerprint density at radius 3 is 2.85 bits per heavy atom. The van der Waals surface area contributed by atoms with Crippen LogP contribution in [0.3, 0.4) is 0 Å². The smallest absolute Gasteiger partial charge is 0.322 e. The maximum atomic E-state index is 12.8. The SMILES string of the molecule is C[C@]1([C@H]2CCCN(C(=O)CCn3ccc4ccccc43)C2)NC(=O)NC1=O. The van der Waals surface area contributed by atoms with Gasteiger partial charge in [-0.15, -0.1) is 0 Å². The largest absolute Gasteiger partial charge is 0.347 e. The molecule has 2 fully saturated rings. The van der Waals surface area contributed by atoms with E-state index in [-0.39, 0.29) is 17.7 Å². The molecule has 27 heavy (non-hydrogen) atoms. The fourth-order valence-electron chi connectivity index (χ4n) is 4.23. The molecule has 1 aromatic carbocycles. The molecule has 0 bridgehead atoms. The number of carbonyl (C=O) groups excluding carboxylic acids is 3. The van der Waals surface area contributed by atoms with Gasteiger partial charge in [-0.1, -0.05) is 18.2 Å². The zero-order valence-electron chi connectivity index (χ0n) is 15.4. The lowest BCUT2D eigenvalue weighted by Crippen LogP contribution is -2.56. The molecule has 2 atom stereocenters. The minimum atomic E-state index is -0.938. The van der Waals surface area contributed by atoms with Gasteiger partial charge in [0, 0.05) is 43.7 Å². The predicted molar refractivity (Wildman–Crippen MR) is 101 cm³/mol. The van der Waals surface area contributed by atoms with Crippen molar-refractivity contribution in [1.29, 1.82) is 0 Å². The van der Waals surface area contributed by atoms with Crippen LogP contribution in [0.15, 0.2) is 36.5 Å². The molecule has 2 aromatic rings. The first-order valence-corrected chi connectivity index (χ1v) is 9.42. The summed E-state index contributed by atoms with van der Waals surface area (Å²) in [5.74, 6) is -0.287. The summed E-state index contributed by atoms with van der Waals surface area (Å²) in [5.41, 5.74) is 0.187. The number of piperidine rings is 1. The van der Waals surface area contributed by atoms with Gasteiger partial charge in [-0.2, -0.15) is 0 Å². The molecule has 0 spiro atoms. The average Bonchev–Trinajstić information content (AvgIpc) is 3.20. The predicted octanol–water partition coefficient (Wildman–Crippen LogP) is 1.87. The summed E-state index contributed by atoms with van der Waals surface area (Å²) < 4.78 is 2.10. The van der Waals surface area contributed by atoms with Crippen LogP contribution < -0.4 is 10.6 Å². The fraction of sp³-hybridized carbons (Fsp3) is 0.450. The molecule has 3 heterocycles. The number of likely N-dealkylation sites (tertiary alicyclic amines) is 1. The zero-order valence-corrected chi connectivity index (χ0v) is 15.4. The minimum absolute atomic E-state index is 0.0749. The molecule has 7 heteroatoms. The van der Waals surface area contributed by atoms with Crippen molar-refractivity contribution < 1.29 is 14.4 Å². The number of para-hydroxylation sites is 1. The third kappa shape index (κ3) is 3.18. The van der Waals surface area contributed by atoms with Gasteiger partial charge in [-0.3, -0.25) is 14.9 Å². The highest BCUT2D eigenvalue weighted by atomic mass is 16.2. The Morgan fingerprint density at radius 2 is 2.07 bits per heavy atom. The molecule has 1 aromatic heterocycles. The summed E-state index contributed by atoms with van der Waals surface area (Å²) in [6, 6.07) is 9.72. The second kappa shape index (κ2) is 6.72. The van der Waals surface area contributed by atoms with Crippen LogP contribution in [0.25, 0.3) is 10.9 Å². The van der Waals surface area contributed by atoms with Crippen LogP contribution in [-0.2, 0) is 16.1 Å². The van der Waals surface area contributed by atoms with Crippen LogP contribution in [0.4, 0.5) is 4.79 Å². The van der Waals surface area contributed by atoms with Crippen molar-refractivity contribution in [3.63, 3.8) is 0 Å². The molecule has 2 saturated heterocycles. The molecular formula is C20H24N4O3. The maximum Gasteiger partial charge on any atom is 0.322 e. The molecular weight excluding hydrogens is 344 g/mol. The summed E-state index contributed by atoms with van der Waals surface area (Å²) >= 11 is 0. The number of aromatic nitrogens is 1. The van der Waals surface area contributed by atoms with Crippen molar-refractivity contribution in [2.24, 2.45) is 5.92 Å². The average molecular weight is 368 g/mol. The van der Waals surface area contributed by atoms with Crippen LogP contribution in [0, 0.1) is 5.92 Å². The summed E-state index contributed by atoms with van der Waals surface area (Å²) in [4.78, 5) is 38.3. The van der Waals surface area contributed by atoms with E-state index in [1.54, 1.807) is 6.92 Å². The lowest BCUT2D eigenvalue weighted by atomic mass is 9.80. The van der Waals surface area contributed by atoms with Crippen molar-refractivity contribution in [1.82, 2.24) is 20.1 Å². The third-order valence-electron chi connectivity index (χ3n) is 5.91. The van der Waals surface area contributed by atoms with E-state index in [0.29, 0.717) is 26.1 Å². The van der Waals surface area contributed by atoms with Crippen molar-refractivity contribution in [3.8, 4) is 0 Å². The van der Waals surface area contributed by atoms with Gasteiger partial charge in [0.2, 0.25) is 5.91 Å². The number of nitrogens with zero attached hydrogens (tertiary/aromatic N) is 2. The van der Waals surface area contributed by atoms with E-state index < -0.39 is 11.6 Å². The monoisotopic (exact) mass is 368 g/mol. The first-order chi connectivity index (χ1) is 13.0. The maximum absolute atomic E-state index is 12.8. The first kappa shape index (κ1) is 17.6. The van der Waals surface area contributed by atoms with E-state index in [1.807, 2.05) is 23.2 Å². The topological polar surface area (TPSA) is 83.4 Å². The second-order valence-corrected chi connectivity index (χ2v) is 7.61. The van der Waals surface area contributed by atoms with Gasteiger partial charge in [-0.05, 0) is 37.3 Å². The fourth-order valence-corrected chi connectivity index (χ4v) is 4.23. The van der Waals surface area contributed by atoms with Gasteiger partial charge in [0.05, 0.1) is 0 Å². The van der Waals surface area contributed by atoms with Crippen molar-refractivity contribution in [3.05, 3.63) is 36.5 Å². The molecule has 2 N–H and O–H groups in total. The van der Waals surface area contributed by atoms with E-state index in [9.17, 15) is 14.4 Å². The number of hydrogen-bond acceptors (Lipinski definition) is 3. The van der Waals surface area contributed by atoms with Crippen LogP contribution in [-0.4, -0.2) is 45.9 Å². The van der Waals surface area contributed by atoms with Crippen LogP contribution in [0.5, 0.6) is 0 Å². The molecule has 0 saturated carbocycles. The lowest BCUT2D eigenvalue weighted by Gasteiger charge is -2.39. The molecule has 142 valence electrons. The Labute approximate surface area is 157 Å². The van der Waals surface area contributed by atoms with E-state index in [4.69, 9.17) is 0 Å². The highest BCUT2D eigenvalue weighted by Gasteiger charge is 2.49. The number of rotatable bonds is 4. The van der Waals surface area contributed by atoms with E-state index in [1.165, 1.54) is 5.39 Å². The Bertz CT molecular complexity index is 906. The normalized spacial score (nSPS) is 25.5. The number of benzene rings is 1. The number of hydrogen-bond donors (Lipinski definition) is 2. The summed E-state index contributed by atoms with van der Waals surface area (Å²) in [6.07, 6.45) is 4.08. The number of fused-ring (bicyclic) bond motifs is 1. The Balaban J connectivity index is 1.40. The molecule has 4 rings (SSSR count). The molecule has 0 unspecified atom stereocenters. The highest BCUT2D eigenvalue weighted by Crippen LogP contribution is 2.30. The minimum Gasteiger partial charge on any atom is -0.347 e. The molecule has 2 aliphatic rings. The van der Waals surface area contributed by atoms with Gasteiger partial charge in [-0.25, -0.2) is 4.79 Å². The zero-order chi connectivity index (χ0) is 19.0. The molecule has 0 radical (unpaired) electrons. The first-order valence-electron chi connectivity index (χ1n) is 9.42. The standard InChI is InChI=1S/C20H24N4O3/c1-20(18(26)21-19(27)22-20)15-6-4-10-24(13-15)17(25)9-12-23-11-8-14-5-2-3-7-16(14)23/h2-3,5,7-8,11,15H,4,6,9-10,12-13H2,1H3,(H2,21,22,26,27)/t15-,20+/m0/s1. The number of aryl methyl sites for hydroxylation is 1. The quantitative estimate of drug-likeness (QED) is 0.808. The van der Waals surface area contributed by atoms with Crippen molar-refractivity contribution >= 4 is 28.7 Å². The molecule has 7 nitrogen and oxygen atoms in total. The van der Waals surface area contributed by atoms with Gasteiger partial charge in [0.1, 0.15) is 5.54 Å². The Hall–Kier alpha value is -2.83. The number of nitrogens with one attached hydrogen (secondary N) is 2. The Kier molecular flexibility index (Phi) is 4.37. The number of imide groups is 1. The third-order valence-corrected chi connectivity index (χ3v) is 5.91. The molecule has 4 amide bonds. The van der Waals surface area contributed by atoms with Crippen LogP contribution in [0.1, 0.15) is 26.2 Å². The van der Waals surface area contributed by atoms with Crippen molar-refractivity contribution in [2.75, 3.05) is 13.1 Å². The van der Waals surface area contributed by atoms with Gasteiger partial charge in [0.15, 0.2) is 0 Å². The molecule has 0 aliphatic carbocycles. The Morgan fingerprint density at radius 1 is 1.26 bits per heavy atom. The van der Waals surface area contributed by atoms with Crippen LogP contribution >= 0.6 is 0 Å². The lowest BCUT2D eigenvalue weighted by molar-refractivity contribution is -0.136. The van der Waals surface area contributed by atoms with E-state index >= 15 is 0 Å².